The fourth-order valence-corrected chi connectivity index (χ4v) is 3.70. The Morgan fingerprint density at radius 1 is 1.05 bits per heavy atom. The predicted molar refractivity (Wildman–Crippen MR) is 87.6 cm³/mol. The van der Waals surface area contributed by atoms with Crippen LogP contribution in [0.1, 0.15) is 53.5 Å². The van der Waals surface area contributed by atoms with Crippen LogP contribution in [-0.4, -0.2) is 5.11 Å². The Bertz CT molecular complexity index is 638. The normalized spacial score (nSPS) is 24.7. The highest BCUT2D eigenvalue weighted by molar-refractivity contribution is 5.41. The summed E-state index contributed by atoms with van der Waals surface area (Å²) in [5, 5.41) is 11.3. The first kappa shape index (κ1) is 14.3. The molecule has 0 bridgehead atoms. The summed E-state index contributed by atoms with van der Waals surface area (Å²) in [5.74, 6) is 0.541. The van der Waals surface area contributed by atoms with Crippen molar-refractivity contribution in [2.75, 3.05) is 0 Å². The standard InChI is InChI=1S/C20H24O/c1-14-7-6-8-15(2)18(14)13-20(21)12-11-16(3)17-9-4-5-10-19(17)20/h4-10,16,21H,11-13H2,1-3H3. The van der Waals surface area contributed by atoms with Crippen molar-refractivity contribution in [3.63, 3.8) is 0 Å². The van der Waals surface area contributed by atoms with Crippen molar-refractivity contribution in [1.29, 1.82) is 0 Å². The molecule has 0 saturated heterocycles. The third-order valence-corrected chi connectivity index (χ3v) is 5.10. The van der Waals surface area contributed by atoms with Gasteiger partial charge in [-0.3, -0.25) is 0 Å². The largest absolute Gasteiger partial charge is 0.385 e. The van der Waals surface area contributed by atoms with Crippen molar-refractivity contribution in [2.24, 2.45) is 0 Å². The van der Waals surface area contributed by atoms with E-state index in [4.69, 9.17) is 0 Å². The molecule has 2 aromatic carbocycles. The van der Waals surface area contributed by atoms with E-state index >= 15 is 0 Å². The number of hydrogen-bond acceptors (Lipinski definition) is 1. The predicted octanol–water partition coefficient (Wildman–Crippen LogP) is 4.63. The Morgan fingerprint density at radius 2 is 1.71 bits per heavy atom. The molecule has 2 atom stereocenters. The Balaban J connectivity index is 2.04. The SMILES string of the molecule is Cc1cccc(C)c1CC1(O)CCC(C)c2ccccc21. The highest BCUT2D eigenvalue weighted by Gasteiger charge is 2.37. The van der Waals surface area contributed by atoms with Gasteiger partial charge < -0.3 is 5.11 Å². The molecule has 0 saturated carbocycles. The number of fused-ring (bicyclic) bond motifs is 1. The van der Waals surface area contributed by atoms with Crippen LogP contribution in [0, 0.1) is 13.8 Å². The van der Waals surface area contributed by atoms with Gasteiger partial charge in [0, 0.05) is 6.42 Å². The topological polar surface area (TPSA) is 20.2 Å². The minimum atomic E-state index is -0.722. The number of hydrogen-bond donors (Lipinski definition) is 1. The van der Waals surface area contributed by atoms with Crippen LogP contribution in [0.5, 0.6) is 0 Å². The number of benzene rings is 2. The zero-order valence-corrected chi connectivity index (χ0v) is 13.2. The molecule has 0 aromatic heterocycles. The molecule has 2 unspecified atom stereocenters. The Labute approximate surface area is 127 Å². The van der Waals surface area contributed by atoms with E-state index in [0.29, 0.717) is 5.92 Å². The lowest BCUT2D eigenvalue weighted by Crippen LogP contribution is -2.34. The molecule has 3 rings (SSSR count). The molecule has 110 valence electrons. The summed E-state index contributed by atoms with van der Waals surface area (Å²) in [5.41, 5.74) is 5.58. The maximum atomic E-state index is 11.3. The van der Waals surface area contributed by atoms with Crippen molar-refractivity contribution in [3.05, 3.63) is 70.3 Å². The second-order valence-corrected chi connectivity index (χ2v) is 6.61. The highest BCUT2D eigenvalue weighted by atomic mass is 16.3. The summed E-state index contributed by atoms with van der Waals surface area (Å²) in [6, 6.07) is 14.8. The molecule has 0 heterocycles. The molecule has 0 spiro atoms. The smallest absolute Gasteiger partial charge is 0.0939 e. The first-order chi connectivity index (χ1) is 10.0. The number of aryl methyl sites for hydroxylation is 2. The van der Waals surface area contributed by atoms with E-state index in [0.717, 1.165) is 24.8 Å². The maximum absolute atomic E-state index is 11.3. The van der Waals surface area contributed by atoms with Crippen LogP contribution < -0.4 is 0 Å². The zero-order valence-electron chi connectivity index (χ0n) is 13.2. The van der Waals surface area contributed by atoms with Gasteiger partial charge in [-0.05, 0) is 60.4 Å². The van der Waals surface area contributed by atoms with E-state index in [1.54, 1.807) is 0 Å². The van der Waals surface area contributed by atoms with Crippen LogP contribution in [0.15, 0.2) is 42.5 Å². The molecule has 1 N–H and O–H groups in total. The van der Waals surface area contributed by atoms with E-state index < -0.39 is 5.60 Å². The fourth-order valence-electron chi connectivity index (χ4n) is 3.70. The lowest BCUT2D eigenvalue weighted by molar-refractivity contribution is 0.0156. The Morgan fingerprint density at radius 3 is 2.43 bits per heavy atom. The van der Waals surface area contributed by atoms with Gasteiger partial charge in [-0.25, -0.2) is 0 Å². The number of aliphatic hydroxyl groups is 1. The van der Waals surface area contributed by atoms with Crippen molar-refractivity contribution < 1.29 is 5.11 Å². The minimum Gasteiger partial charge on any atom is -0.385 e. The lowest BCUT2D eigenvalue weighted by atomic mass is 9.71. The van der Waals surface area contributed by atoms with Gasteiger partial charge >= 0.3 is 0 Å². The van der Waals surface area contributed by atoms with Gasteiger partial charge in [0.2, 0.25) is 0 Å². The molecule has 1 heteroatoms. The van der Waals surface area contributed by atoms with E-state index in [-0.39, 0.29) is 0 Å². The Kier molecular flexibility index (Phi) is 3.62. The third-order valence-electron chi connectivity index (χ3n) is 5.10. The van der Waals surface area contributed by atoms with Crippen LogP contribution in [0.25, 0.3) is 0 Å². The second kappa shape index (κ2) is 5.31. The fraction of sp³-hybridized carbons (Fsp3) is 0.400. The summed E-state index contributed by atoms with van der Waals surface area (Å²) in [6.45, 7) is 6.55. The second-order valence-electron chi connectivity index (χ2n) is 6.61. The Hall–Kier alpha value is -1.60. The molecule has 1 nitrogen and oxygen atoms in total. The average molecular weight is 280 g/mol. The van der Waals surface area contributed by atoms with Gasteiger partial charge in [-0.1, -0.05) is 49.4 Å². The molecule has 1 aliphatic rings. The third kappa shape index (κ3) is 2.51. The minimum absolute atomic E-state index is 0.541. The van der Waals surface area contributed by atoms with Crippen LogP contribution in [0.2, 0.25) is 0 Å². The molecule has 0 aliphatic heterocycles. The monoisotopic (exact) mass is 280 g/mol. The van der Waals surface area contributed by atoms with Crippen LogP contribution in [0.4, 0.5) is 0 Å². The molecular weight excluding hydrogens is 256 g/mol. The highest BCUT2D eigenvalue weighted by Crippen LogP contribution is 2.43. The average Bonchev–Trinajstić information content (AvgIpc) is 2.48. The van der Waals surface area contributed by atoms with E-state index in [2.05, 4.69) is 57.2 Å². The summed E-state index contributed by atoms with van der Waals surface area (Å²) in [4.78, 5) is 0. The van der Waals surface area contributed by atoms with Crippen molar-refractivity contribution in [1.82, 2.24) is 0 Å². The van der Waals surface area contributed by atoms with Crippen LogP contribution in [0.3, 0.4) is 0 Å². The van der Waals surface area contributed by atoms with E-state index in [9.17, 15) is 5.11 Å². The van der Waals surface area contributed by atoms with Gasteiger partial charge in [-0.2, -0.15) is 0 Å². The van der Waals surface area contributed by atoms with E-state index in [1.807, 2.05) is 6.07 Å². The molecule has 1 aliphatic carbocycles. The van der Waals surface area contributed by atoms with Gasteiger partial charge in [-0.15, -0.1) is 0 Å². The molecule has 21 heavy (non-hydrogen) atoms. The summed E-state index contributed by atoms with van der Waals surface area (Å²) >= 11 is 0. The quantitative estimate of drug-likeness (QED) is 0.850. The first-order valence-corrected chi connectivity index (χ1v) is 7.88. The molecule has 0 radical (unpaired) electrons. The van der Waals surface area contributed by atoms with Crippen molar-refractivity contribution in [2.45, 2.75) is 51.6 Å². The number of rotatable bonds is 2. The maximum Gasteiger partial charge on any atom is 0.0939 e. The van der Waals surface area contributed by atoms with E-state index in [1.165, 1.54) is 22.3 Å². The summed E-state index contributed by atoms with van der Waals surface area (Å²) in [6.07, 6.45) is 2.62. The lowest BCUT2D eigenvalue weighted by Gasteiger charge is -2.38. The molecule has 2 aromatic rings. The molecule has 0 fully saturated rings. The van der Waals surface area contributed by atoms with Gasteiger partial charge in [0.05, 0.1) is 5.60 Å². The summed E-state index contributed by atoms with van der Waals surface area (Å²) < 4.78 is 0. The van der Waals surface area contributed by atoms with Crippen LogP contribution in [-0.2, 0) is 12.0 Å². The molecule has 0 amide bonds. The molecular formula is C20H24O. The van der Waals surface area contributed by atoms with Gasteiger partial charge in [0.1, 0.15) is 0 Å². The van der Waals surface area contributed by atoms with Crippen LogP contribution >= 0.6 is 0 Å². The van der Waals surface area contributed by atoms with Crippen molar-refractivity contribution in [3.8, 4) is 0 Å². The first-order valence-electron chi connectivity index (χ1n) is 7.88. The van der Waals surface area contributed by atoms with Crippen molar-refractivity contribution >= 4 is 0 Å². The van der Waals surface area contributed by atoms with Gasteiger partial charge in [0.15, 0.2) is 0 Å². The zero-order chi connectivity index (χ0) is 15.0. The van der Waals surface area contributed by atoms with Gasteiger partial charge in [0.25, 0.3) is 0 Å². The summed E-state index contributed by atoms with van der Waals surface area (Å²) in [7, 11) is 0.